The number of phenols is 1. The average molecular weight is 332 g/mol. The molecule has 0 bridgehead atoms. The number of piperazine rings is 1. The average Bonchev–Trinajstić information content (AvgIpc) is 2.89. The van der Waals surface area contributed by atoms with Crippen molar-refractivity contribution in [1.82, 2.24) is 9.80 Å². The number of fused-ring (bicyclic) bond motifs is 1. The number of hydrogen-bond acceptors (Lipinski definition) is 6. The molecule has 2 heterocycles. The van der Waals surface area contributed by atoms with Crippen LogP contribution in [0.15, 0.2) is 24.1 Å². The Morgan fingerprint density at radius 1 is 1.33 bits per heavy atom. The highest BCUT2D eigenvalue weighted by atomic mass is 16.6. The molecule has 24 heavy (non-hydrogen) atoms. The van der Waals surface area contributed by atoms with Gasteiger partial charge in [-0.2, -0.15) is 0 Å². The first kappa shape index (κ1) is 16.2. The van der Waals surface area contributed by atoms with E-state index in [9.17, 15) is 14.7 Å². The summed E-state index contributed by atoms with van der Waals surface area (Å²) in [7, 11) is 0. The normalized spacial score (nSPS) is 18.6. The van der Waals surface area contributed by atoms with Gasteiger partial charge in [0.2, 0.25) is 5.78 Å². The van der Waals surface area contributed by atoms with Crippen molar-refractivity contribution in [2.24, 2.45) is 0 Å². The molecule has 0 aromatic heterocycles. The number of ether oxygens (including phenoxy) is 2. The molecule has 0 atom stereocenters. The molecule has 7 heteroatoms. The van der Waals surface area contributed by atoms with Crippen LogP contribution in [0, 0.1) is 6.92 Å². The fraction of sp³-hybridized carbons (Fsp3) is 0.412. The summed E-state index contributed by atoms with van der Waals surface area (Å²) in [5, 5.41) is 9.73. The summed E-state index contributed by atoms with van der Waals surface area (Å²) in [4.78, 5) is 27.7. The zero-order chi connectivity index (χ0) is 17.3. The van der Waals surface area contributed by atoms with E-state index in [2.05, 4.69) is 0 Å². The molecule has 0 aliphatic carbocycles. The first-order valence-electron chi connectivity index (χ1n) is 7.94. The number of allylic oxidation sites excluding steroid dienone is 1. The smallest absolute Gasteiger partial charge is 0.409 e. The maximum Gasteiger partial charge on any atom is 0.409 e. The van der Waals surface area contributed by atoms with Crippen molar-refractivity contribution < 1.29 is 24.2 Å². The Balaban J connectivity index is 1.68. The lowest BCUT2D eigenvalue weighted by atomic mass is 10.1. The maximum absolute atomic E-state index is 12.4. The van der Waals surface area contributed by atoms with Crippen LogP contribution in [0.1, 0.15) is 22.8 Å². The second-order valence-corrected chi connectivity index (χ2v) is 5.73. The minimum absolute atomic E-state index is 0.103. The minimum atomic E-state index is -0.309. The molecule has 1 amide bonds. The number of ketones is 1. The molecular formula is C17H20N2O5. The molecule has 7 nitrogen and oxygen atoms in total. The zero-order valence-corrected chi connectivity index (χ0v) is 13.7. The lowest BCUT2D eigenvalue weighted by Gasteiger charge is -2.33. The van der Waals surface area contributed by atoms with E-state index in [1.807, 2.05) is 4.90 Å². The fourth-order valence-corrected chi connectivity index (χ4v) is 2.78. The van der Waals surface area contributed by atoms with Crippen LogP contribution in [-0.2, 0) is 4.74 Å². The van der Waals surface area contributed by atoms with Gasteiger partial charge in [0.25, 0.3) is 0 Å². The van der Waals surface area contributed by atoms with Crippen LogP contribution in [0.25, 0.3) is 0 Å². The molecule has 1 fully saturated rings. The molecule has 1 aromatic carbocycles. The molecule has 3 rings (SSSR count). The number of Topliss-reactive ketones (excluding diaryl/α,β-unsaturated/α-hetero) is 1. The number of amides is 1. The van der Waals surface area contributed by atoms with Crippen molar-refractivity contribution in [3.8, 4) is 11.5 Å². The van der Waals surface area contributed by atoms with Crippen LogP contribution in [0.2, 0.25) is 0 Å². The molecule has 0 saturated carbocycles. The summed E-state index contributed by atoms with van der Waals surface area (Å²) in [6.45, 7) is 6.10. The monoisotopic (exact) mass is 332 g/mol. The highest BCUT2D eigenvalue weighted by Gasteiger charge is 2.31. The SMILES string of the molecule is CCOC(=O)N1CCN(/C=C2\Oc3c(ccc(O)c3C)C2=O)CC1. The second kappa shape index (κ2) is 6.43. The number of carbonyl (C=O) groups excluding carboxylic acids is 2. The van der Waals surface area contributed by atoms with Gasteiger partial charge < -0.3 is 24.4 Å². The molecular weight excluding hydrogens is 312 g/mol. The van der Waals surface area contributed by atoms with Crippen LogP contribution in [-0.4, -0.2) is 59.6 Å². The molecule has 1 N–H and O–H groups in total. The summed E-state index contributed by atoms with van der Waals surface area (Å²) in [5.41, 5.74) is 1.01. The summed E-state index contributed by atoms with van der Waals surface area (Å²) < 4.78 is 10.6. The van der Waals surface area contributed by atoms with Crippen LogP contribution in [0.3, 0.4) is 0 Å². The topological polar surface area (TPSA) is 79.3 Å². The van der Waals surface area contributed by atoms with Crippen LogP contribution in [0.5, 0.6) is 11.5 Å². The first-order valence-corrected chi connectivity index (χ1v) is 7.94. The molecule has 0 radical (unpaired) electrons. The van der Waals surface area contributed by atoms with Crippen molar-refractivity contribution in [3.05, 3.63) is 35.2 Å². The van der Waals surface area contributed by atoms with Gasteiger partial charge in [-0.25, -0.2) is 4.79 Å². The number of phenolic OH excluding ortho intramolecular Hbond substituents is 1. The number of benzene rings is 1. The van der Waals surface area contributed by atoms with E-state index in [0.29, 0.717) is 49.7 Å². The van der Waals surface area contributed by atoms with Crippen molar-refractivity contribution in [2.45, 2.75) is 13.8 Å². The van der Waals surface area contributed by atoms with Crippen molar-refractivity contribution in [3.63, 3.8) is 0 Å². The van der Waals surface area contributed by atoms with Gasteiger partial charge in [0, 0.05) is 37.9 Å². The second-order valence-electron chi connectivity index (χ2n) is 5.73. The molecule has 1 saturated heterocycles. The van der Waals surface area contributed by atoms with Crippen LogP contribution >= 0.6 is 0 Å². The number of aromatic hydroxyl groups is 1. The lowest BCUT2D eigenvalue weighted by molar-refractivity contribution is 0.0875. The predicted molar refractivity (Wildman–Crippen MR) is 86.1 cm³/mol. The van der Waals surface area contributed by atoms with E-state index in [1.165, 1.54) is 6.07 Å². The molecule has 0 unspecified atom stereocenters. The maximum atomic E-state index is 12.4. The minimum Gasteiger partial charge on any atom is -0.508 e. The standard InChI is InChI=1S/C17H20N2O5/c1-3-23-17(22)19-8-6-18(7-9-19)10-14-15(21)12-4-5-13(20)11(2)16(12)24-14/h4-5,10,20H,3,6-9H2,1-2H3/b14-10-. The number of rotatable bonds is 2. The summed E-state index contributed by atoms with van der Waals surface area (Å²) in [5.74, 6) is 0.562. The Morgan fingerprint density at radius 2 is 2.04 bits per heavy atom. The van der Waals surface area contributed by atoms with Gasteiger partial charge in [-0.05, 0) is 26.0 Å². The zero-order valence-electron chi connectivity index (χ0n) is 13.7. The largest absolute Gasteiger partial charge is 0.508 e. The van der Waals surface area contributed by atoms with Gasteiger partial charge in [-0.15, -0.1) is 0 Å². The number of nitrogens with zero attached hydrogens (tertiary/aromatic N) is 2. The van der Waals surface area contributed by atoms with Gasteiger partial charge in [0.05, 0.1) is 12.2 Å². The fourth-order valence-electron chi connectivity index (χ4n) is 2.78. The highest BCUT2D eigenvalue weighted by molar-refractivity contribution is 6.12. The van der Waals surface area contributed by atoms with E-state index < -0.39 is 0 Å². The number of hydrogen-bond donors (Lipinski definition) is 1. The Kier molecular flexibility index (Phi) is 4.33. The Hall–Kier alpha value is -2.70. The molecule has 1 aromatic rings. The van der Waals surface area contributed by atoms with Crippen LogP contribution < -0.4 is 4.74 Å². The van der Waals surface area contributed by atoms with Gasteiger partial charge >= 0.3 is 6.09 Å². The van der Waals surface area contributed by atoms with Crippen molar-refractivity contribution >= 4 is 11.9 Å². The van der Waals surface area contributed by atoms with E-state index in [-0.39, 0.29) is 23.4 Å². The first-order chi connectivity index (χ1) is 11.5. The van der Waals surface area contributed by atoms with Crippen molar-refractivity contribution in [1.29, 1.82) is 0 Å². The summed E-state index contributed by atoms with van der Waals surface area (Å²) in [6, 6.07) is 3.07. The lowest BCUT2D eigenvalue weighted by Crippen LogP contribution is -2.47. The summed E-state index contributed by atoms with van der Waals surface area (Å²) >= 11 is 0. The molecule has 0 spiro atoms. The van der Waals surface area contributed by atoms with E-state index in [0.717, 1.165) is 0 Å². The molecule has 128 valence electrons. The van der Waals surface area contributed by atoms with Gasteiger partial charge in [0.1, 0.15) is 11.5 Å². The van der Waals surface area contributed by atoms with E-state index in [1.54, 1.807) is 31.0 Å². The van der Waals surface area contributed by atoms with E-state index in [4.69, 9.17) is 9.47 Å². The quantitative estimate of drug-likeness (QED) is 0.833. The third-order valence-electron chi connectivity index (χ3n) is 4.20. The Morgan fingerprint density at radius 3 is 2.71 bits per heavy atom. The third kappa shape index (κ3) is 2.89. The Labute approximate surface area is 140 Å². The highest BCUT2D eigenvalue weighted by Crippen LogP contribution is 2.38. The summed E-state index contributed by atoms with van der Waals surface area (Å²) in [6.07, 6.45) is 1.37. The van der Waals surface area contributed by atoms with Crippen LogP contribution in [0.4, 0.5) is 4.79 Å². The molecule has 2 aliphatic rings. The van der Waals surface area contributed by atoms with Gasteiger partial charge in [-0.1, -0.05) is 0 Å². The van der Waals surface area contributed by atoms with Gasteiger partial charge in [0.15, 0.2) is 5.76 Å². The number of carbonyl (C=O) groups is 2. The predicted octanol–water partition coefficient (Wildman–Crippen LogP) is 1.89. The molecule has 2 aliphatic heterocycles. The Bertz CT molecular complexity index is 705. The van der Waals surface area contributed by atoms with Gasteiger partial charge in [-0.3, -0.25) is 4.79 Å². The third-order valence-corrected chi connectivity index (χ3v) is 4.20. The van der Waals surface area contributed by atoms with Crippen molar-refractivity contribution in [2.75, 3.05) is 32.8 Å². The van der Waals surface area contributed by atoms with E-state index >= 15 is 0 Å².